The van der Waals surface area contributed by atoms with Gasteiger partial charge in [0.25, 0.3) is 0 Å². The Morgan fingerprint density at radius 1 is 1.32 bits per heavy atom. The number of H-pyrrole nitrogens is 1. The first-order valence-electron chi connectivity index (χ1n) is 6.21. The van der Waals surface area contributed by atoms with Crippen molar-refractivity contribution in [2.24, 2.45) is 5.73 Å². The summed E-state index contributed by atoms with van der Waals surface area (Å²) in [6, 6.07) is 7.90. The van der Waals surface area contributed by atoms with Gasteiger partial charge >= 0.3 is 0 Å². The van der Waals surface area contributed by atoms with Crippen LogP contribution in [0, 0.1) is 0 Å². The van der Waals surface area contributed by atoms with Gasteiger partial charge in [0, 0.05) is 12.5 Å². The zero-order valence-corrected chi connectivity index (χ0v) is 10.6. The van der Waals surface area contributed by atoms with Crippen LogP contribution in [-0.4, -0.2) is 26.2 Å². The highest BCUT2D eigenvalue weighted by molar-refractivity contribution is 5.74. The fourth-order valence-corrected chi connectivity index (χ4v) is 1.96. The van der Waals surface area contributed by atoms with Crippen molar-refractivity contribution in [3.63, 3.8) is 0 Å². The maximum atomic E-state index is 5.69. The summed E-state index contributed by atoms with van der Waals surface area (Å²) < 4.78 is 5.14. The molecule has 0 radical (unpaired) electrons. The summed E-state index contributed by atoms with van der Waals surface area (Å²) in [5.74, 6) is 2.02. The Bertz CT molecular complexity index is 652. The zero-order valence-electron chi connectivity index (χ0n) is 10.6. The molecule has 2 heterocycles. The fraction of sp³-hybridized carbons (Fsp3) is 0.308. The van der Waals surface area contributed by atoms with Gasteiger partial charge in [-0.2, -0.15) is 4.98 Å². The number of nitrogens with zero attached hydrogens (tertiary/aromatic N) is 3. The third kappa shape index (κ3) is 2.63. The van der Waals surface area contributed by atoms with Crippen molar-refractivity contribution in [3.05, 3.63) is 41.8 Å². The van der Waals surface area contributed by atoms with Crippen LogP contribution in [0.3, 0.4) is 0 Å². The van der Waals surface area contributed by atoms with Gasteiger partial charge in [0.1, 0.15) is 5.82 Å². The Labute approximate surface area is 110 Å². The average Bonchev–Trinajstić information content (AvgIpc) is 2.94. The second-order valence-corrected chi connectivity index (χ2v) is 4.66. The number of imidazole rings is 1. The van der Waals surface area contributed by atoms with E-state index in [1.165, 1.54) is 0 Å². The number of fused-ring (bicyclic) bond motifs is 1. The van der Waals surface area contributed by atoms with E-state index in [-0.39, 0.29) is 6.04 Å². The monoisotopic (exact) mass is 257 g/mol. The molecule has 0 saturated carbocycles. The Kier molecular flexibility index (Phi) is 3.00. The van der Waals surface area contributed by atoms with E-state index in [1.807, 2.05) is 31.2 Å². The molecule has 3 rings (SSSR count). The molecule has 3 N–H and O–H groups in total. The van der Waals surface area contributed by atoms with E-state index in [0.29, 0.717) is 24.6 Å². The molecular formula is C13H15N5O. The zero-order chi connectivity index (χ0) is 13.2. The van der Waals surface area contributed by atoms with Gasteiger partial charge in [-0.05, 0) is 19.1 Å². The molecule has 1 aromatic carbocycles. The normalized spacial score (nSPS) is 12.9. The Morgan fingerprint density at radius 2 is 2.16 bits per heavy atom. The van der Waals surface area contributed by atoms with Crippen LogP contribution in [0.15, 0.2) is 28.8 Å². The van der Waals surface area contributed by atoms with Crippen LogP contribution in [0.4, 0.5) is 0 Å². The molecule has 0 amide bonds. The number of nitrogens with one attached hydrogen (secondary N) is 1. The quantitative estimate of drug-likeness (QED) is 0.737. The molecule has 3 aromatic rings. The summed E-state index contributed by atoms with van der Waals surface area (Å²) in [5, 5.41) is 3.93. The van der Waals surface area contributed by atoms with Gasteiger partial charge in [-0.3, -0.25) is 0 Å². The lowest BCUT2D eigenvalue weighted by atomic mass is 10.2. The third-order valence-corrected chi connectivity index (χ3v) is 2.77. The Morgan fingerprint density at radius 3 is 2.95 bits per heavy atom. The van der Waals surface area contributed by atoms with Crippen LogP contribution in [0.2, 0.25) is 0 Å². The van der Waals surface area contributed by atoms with E-state index >= 15 is 0 Å². The van der Waals surface area contributed by atoms with Crippen LogP contribution in [0.25, 0.3) is 11.0 Å². The van der Waals surface area contributed by atoms with Crippen molar-refractivity contribution in [1.29, 1.82) is 0 Å². The van der Waals surface area contributed by atoms with Crippen LogP contribution < -0.4 is 5.73 Å². The van der Waals surface area contributed by atoms with Gasteiger partial charge in [-0.1, -0.05) is 17.3 Å². The number of rotatable bonds is 4. The van der Waals surface area contributed by atoms with Gasteiger partial charge < -0.3 is 15.2 Å². The summed E-state index contributed by atoms with van der Waals surface area (Å²) in [6.07, 6.45) is 1.12. The van der Waals surface area contributed by atoms with Crippen molar-refractivity contribution in [2.75, 3.05) is 0 Å². The predicted octanol–water partition coefficient (Wildman–Crippen LogP) is 1.43. The van der Waals surface area contributed by atoms with Crippen LogP contribution >= 0.6 is 0 Å². The van der Waals surface area contributed by atoms with Crippen LogP contribution in [-0.2, 0) is 12.8 Å². The molecule has 0 aliphatic carbocycles. The molecule has 0 saturated heterocycles. The number of benzene rings is 1. The van der Waals surface area contributed by atoms with Gasteiger partial charge in [0.15, 0.2) is 5.82 Å². The molecule has 0 bridgehead atoms. The van der Waals surface area contributed by atoms with Gasteiger partial charge in [0.05, 0.1) is 17.5 Å². The molecule has 2 aromatic heterocycles. The number of aromatic amines is 1. The molecule has 0 fully saturated rings. The Balaban J connectivity index is 1.78. The van der Waals surface area contributed by atoms with Gasteiger partial charge in [-0.15, -0.1) is 0 Å². The first kappa shape index (κ1) is 11.9. The number of hydrogen-bond acceptors (Lipinski definition) is 5. The second-order valence-electron chi connectivity index (χ2n) is 4.66. The lowest BCUT2D eigenvalue weighted by Crippen LogP contribution is -2.17. The highest BCUT2D eigenvalue weighted by Crippen LogP contribution is 2.12. The minimum absolute atomic E-state index is 0.0134. The van der Waals surface area contributed by atoms with E-state index in [9.17, 15) is 0 Å². The minimum Gasteiger partial charge on any atom is -0.342 e. The van der Waals surface area contributed by atoms with Crippen LogP contribution in [0.5, 0.6) is 0 Å². The molecule has 19 heavy (non-hydrogen) atoms. The summed E-state index contributed by atoms with van der Waals surface area (Å²) in [4.78, 5) is 12.0. The van der Waals surface area contributed by atoms with Crippen molar-refractivity contribution in [2.45, 2.75) is 25.8 Å². The smallest absolute Gasteiger partial charge is 0.228 e. The first-order valence-corrected chi connectivity index (χ1v) is 6.21. The van der Waals surface area contributed by atoms with E-state index in [0.717, 1.165) is 16.9 Å². The molecule has 0 spiro atoms. The van der Waals surface area contributed by atoms with Crippen molar-refractivity contribution in [1.82, 2.24) is 20.1 Å². The van der Waals surface area contributed by atoms with Crippen molar-refractivity contribution >= 4 is 11.0 Å². The van der Waals surface area contributed by atoms with Crippen LogP contribution in [0.1, 0.15) is 24.5 Å². The molecule has 0 aliphatic rings. The molecule has 6 nitrogen and oxygen atoms in total. The lowest BCUT2D eigenvalue weighted by molar-refractivity contribution is 0.367. The van der Waals surface area contributed by atoms with E-state index < -0.39 is 0 Å². The number of aromatic nitrogens is 4. The summed E-state index contributed by atoms with van der Waals surface area (Å²) in [7, 11) is 0. The SMILES string of the molecule is CC(N)Cc1nc(Cc2nc3ccccc3[nH]2)no1. The number of para-hydroxylation sites is 2. The number of hydrogen-bond donors (Lipinski definition) is 2. The largest absolute Gasteiger partial charge is 0.342 e. The summed E-state index contributed by atoms with van der Waals surface area (Å²) in [6.45, 7) is 1.91. The highest BCUT2D eigenvalue weighted by Gasteiger charge is 2.11. The molecule has 1 atom stereocenters. The lowest BCUT2D eigenvalue weighted by Gasteiger charge is -1.96. The topological polar surface area (TPSA) is 93.6 Å². The average molecular weight is 257 g/mol. The predicted molar refractivity (Wildman–Crippen MR) is 70.6 cm³/mol. The minimum atomic E-state index is 0.0134. The molecule has 98 valence electrons. The van der Waals surface area contributed by atoms with E-state index in [2.05, 4.69) is 20.1 Å². The van der Waals surface area contributed by atoms with Crippen molar-refractivity contribution in [3.8, 4) is 0 Å². The first-order chi connectivity index (χ1) is 9.20. The highest BCUT2D eigenvalue weighted by atomic mass is 16.5. The maximum absolute atomic E-state index is 5.69. The van der Waals surface area contributed by atoms with Gasteiger partial charge in [-0.25, -0.2) is 4.98 Å². The van der Waals surface area contributed by atoms with Crippen molar-refractivity contribution < 1.29 is 4.52 Å². The standard InChI is InChI=1S/C13H15N5O/c1-8(14)6-13-17-12(18-19-13)7-11-15-9-4-2-3-5-10(9)16-11/h2-5,8H,6-7,14H2,1H3,(H,15,16). The molecule has 1 unspecified atom stereocenters. The third-order valence-electron chi connectivity index (χ3n) is 2.77. The molecule has 0 aliphatic heterocycles. The second kappa shape index (κ2) is 4.81. The van der Waals surface area contributed by atoms with E-state index in [4.69, 9.17) is 10.3 Å². The van der Waals surface area contributed by atoms with E-state index in [1.54, 1.807) is 0 Å². The molecular weight excluding hydrogens is 242 g/mol. The number of nitrogens with two attached hydrogens (primary N) is 1. The fourth-order valence-electron chi connectivity index (χ4n) is 1.96. The van der Waals surface area contributed by atoms with Gasteiger partial charge in [0.2, 0.25) is 5.89 Å². The summed E-state index contributed by atoms with van der Waals surface area (Å²) in [5.41, 5.74) is 7.64. The Hall–Kier alpha value is -2.21. The molecule has 6 heteroatoms. The maximum Gasteiger partial charge on any atom is 0.228 e. The summed E-state index contributed by atoms with van der Waals surface area (Å²) >= 11 is 0.